The highest BCUT2D eigenvalue weighted by atomic mass is 16.4. The SMILES string of the molecule is Cc1ccc2c(c1)C(=O)N(Cc1ccc(C(=O)O)o1)C2=O. The van der Waals surface area contributed by atoms with Crippen molar-refractivity contribution < 1.29 is 23.9 Å². The summed E-state index contributed by atoms with van der Waals surface area (Å²) in [6.07, 6.45) is 0. The molecule has 2 heterocycles. The van der Waals surface area contributed by atoms with E-state index in [9.17, 15) is 14.4 Å². The second-order valence-electron chi connectivity index (χ2n) is 4.82. The number of carbonyl (C=O) groups is 3. The molecule has 3 rings (SSSR count). The number of benzene rings is 1. The van der Waals surface area contributed by atoms with Crippen LogP contribution in [0, 0.1) is 6.92 Å². The van der Waals surface area contributed by atoms with Crippen molar-refractivity contribution >= 4 is 17.8 Å². The molecule has 1 aliphatic rings. The number of carboxylic acid groups (broad SMARTS) is 1. The van der Waals surface area contributed by atoms with Gasteiger partial charge in [0.25, 0.3) is 11.8 Å². The van der Waals surface area contributed by atoms with Crippen molar-refractivity contribution in [2.24, 2.45) is 0 Å². The van der Waals surface area contributed by atoms with Crippen LogP contribution in [-0.4, -0.2) is 27.8 Å². The molecular formula is C15H11NO5. The first-order chi connectivity index (χ1) is 9.97. The van der Waals surface area contributed by atoms with Gasteiger partial charge in [-0.05, 0) is 31.2 Å². The zero-order valence-electron chi connectivity index (χ0n) is 11.1. The standard InChI is InChI=1S/C15H11NO5/c1-8-2-4-10-11(6-8)14(18)16(13(10)17)7-9-3-5-12(21-9)15(19)20/h2-6H,7H2,1H3,(H,19,20). The van der Waals surface area contributed by atoms with Crippen LogP contribution in [0.4, 0.5) is 0 Å². The first-order valence-electron chi connectivity index (χ1n) is 6.26. The Labute approximate surface area is 119 Å². The molecule has 2 aromatic rings. The molecule has 2 amide bonds. The molecule has 1 aromatic carbocycles. The number of rotatable bonds is 3. The molecule has 0 unspecified atom stereocenters. The van der Waals surface area contributed by atoms with Gasteiger partial charge in [-0.2, -0.15) is 0 Å². The van der Waals surface area contributed by atoms with Crippen LogP contribution in [0.3, 0.4) is 0 Å². The van der Waals surface area contributed by atoms with E-state index in [1.807, 2.05) is 6.92 Å². The Morgan fingerprint density at radius 3 is 2.52 bits per heavy atom. The first-order valence-corrected chi connectivity index (χ1v) is 6.26. The van der Waals surface area contributed by atoms with Gasteiger partial charge in [-0.25, -0.2) is 4.79 Å². The van der Waals surface area contributed by atoms with E-state index in [0.717, 1.165) is 10.5 Å². The van der Waals surface area contributed by atoms with Gasteiger partial charge in [0.2, 0.25) is 5.76 Å². The fourth-order valence-electron chi connectivity index (χ4n) is 2.28. The number of nitrogens with zero attached hydrogens (tertiary/aromatic N) is 1. The van der Waals surface area contributed by atoms with Crippen LogP contribution in [0.25, 0.3) is 0 Å². The summed E-state index contributed by atoms with van der Waals surface area (Å²) in [5, 5.41) is 8.79. The van der Waals surface area contributed by atoms with Gasteiger partial charge in [-0.1, -0.05) is 11.6 Å². The Balaban J connectivity index is 1.89. The van der Waals surface area contributed by atoms with Crippen molar-refractivity contribution in [3.05, 3.63) is 58.5 Å². The van der Waals surface area contributed by atoms with E-state index in [2.05, 4.69) is 0 Å². The molecule has 6 heteroatoms. The normalized spacial score (nSPS) is 13.7. The third-order valence-corrected chi connectivity index (χ3v) is 3.31. The fraction of sp³-hybridized carbons (Fsp3) is 0.133. The first kappa shape index (κ1) is 13.1. The average molecular weight is 285 g/mol. The van der Waals surface area contributed by atoms with Crippen molar-refractivity contribution in [2.45, 2.75) is 13.5 Å². The molecule has 0 fully saturated rings. The van der Waals surface area contributed by atoms with Gasteiger partial charge < -0.3 is 9.52 Å². The van der Waals surface area contributed by atoms with E-state index < -0.39 is 17.8 Å². The van der Waals surface area contributed by atoms with Gasteiger partial charge in [0.05, 0.1) is 17.7 Å². The maximum absolute atomic E-state index is 12.3. The fourth-order valence-corrected chi connectivity index (χ4v) is 2.28. The van der Waals surface area contributed by atoms with Crippen LogP contribution >= 0.6 is 0 Å². The van der Waals surface area contributed by atoms with E-state index in [1.54, 1.807) is 18.2 Å². The number of imide groups is 1. The molecule has 0 radical (unpaired) electrons. The summed E-state index contributed by atoms with van der Waals surface area (Å²) in [4.78, 5) is 36.3. The maximum Gasteiger partial charge on any atom is 0.371 e. The minimum absolute atomic E-state index is 0.0846. The summed E-state index contributed by atoms with van der Waals surface area (Å²) < 4.78 is 5.08. The molecule has 6 nitrogen and oxygen atoms in total. The van der Waals surface area contributed by atoms with Gasteiger partial charge in [0.1, 0.15) is 5.76 Å². The largest absolute Gasteiger partial charge is 0.475 e. The second kappa shape index (κ2) is 4.59. The number of carboxylic acids is 1. The third kappa shape index (κ3) is 2.10. The van der Waals surface area contributed by atoms with E-state index >= 15 is 0 Å². The highest BCUT2D eigenvalue weighted by Gasteiger charge is 2.36. The number of aryl methyl sites for hydroxylation is 1. The van der Waals surface area contributed by atoms with Crippen LogP contribution in [0.15, 0.2) is 34.7 Å². The molecule has 1 aliphatic heterocycles. The Kier molecular flexibility index (Phi) is 2.86. The Morgan fingerprint density at radius 1 is 1.14 bits per heavy atom. The summed E-state index contributed by atoms with van der Waals surface area (Å²) >= 11 is 0. The van der Waals surface area contributed by atoms with Crippen molar-refractivity contribution in [1.82, 2.24) is 4.90 Å². The summed E-state index contributed by atoms with van der Waals surface area (Å²) in [6, 6.07) is 7.79. The Hall–Kier alpha value is -2.89. The summed E-state index contributed by atoms with van der Waals surface area (Å²) in [5.41, 5.74) is 1.61. The van der Waals surface area contributed by atoms with E-state index in [1.165, 1.54) is 12.1 Å². The highest BCUT2D eigenvalue weighted by molar-refractivity contribution is 6.21. The predicted octanol–water partition coefficient (Wildman–Crippen LogP) is 2.08. The minimum atomic E-state index is -1.20. The summed E-state index contributed by atoms with van der Waals surface area (Å²) in [6.45, 7) is 1.75. The van der Waals surface area contributed by atoms with E-state index in [-0.39, 0.29) is 18.1 Å². The van der Waals surface area contributed by atoms with Crippen molar-refractivity contribution in [1.29, 1.82) is 0 Å². The highest BCUT2D eigenvalue weighted by Crippen LogP contribution is 2.25. The zero-order valence-corrected chi connectivity index (χ0v) is 11.1. The molecule has 21 heavy (non-hydrogen) atoms. The summed E-state index contributed by atoms with van der Waals surface area (Å²) in [5.74, 6) is -1.97. The number of amides is 2. The zero-order chi connectivity index (χ0) is 15.1. The number of hydrogen-bond donors (Lipinski definition) is 1. The summed E-state index contributed by atoms with van der Waals surface area (Å²) in [7, 11) is 0. The monoisotopic (exact) mass is 285 g/mol. The molecule has 106 valence electrons. The van der Waals surface area contributed by atoms with Crippen LogP contribution in [0.5, 0.6) is 0 Å². The Morgan fingerprint density at radius 2 is 1.86 bits per heavy atom. The van der Waals surface area contributed by atoms with Crippen LogP contribution in [-0.2, 0) is 6.54 Å². The van der Waals surface area contributed by atoms with Gasteiger partial charge in [0.15, 0.2) is 0 Å². The number of aromatic carboxylic acids is 1. The number of fused-ring (bicyclic) bond motifs is 1. The molecule has 0 saturated heterocycles. The predicted molar refractivity (Wildman–Crippen MR) is 71.1 cm³/mol. The van der Waals surface area contributed by atoms with Crippen LogP contribution < -0.4 is 0 Å². The molecule has 1 N–H and O–H groups in total. The lowest BCUT2D eigenvalue weighted by atomic mass is 10.1. The molecule has 0 aliphatic carbocycles. The van der Waals surface area contributed by atoms with Crippen LogP contribution in [0.2, 0.25) is 0 Å². The van der Waals surface area contributed by atoms with Gasteiger partial charge >= 0.3 is 5.97 Å². The minimum Gasteiger partial charge on any atom is -0.475 e. The molecule has 0 saturated carbocycles. The quantitative estimate of drug-likeness (QED) is 0.872. The molecule has 1 aromatic heterocycles. The number of carbonyl (C=O) groups excluding carboxylic acids is 2. The van der Waals surface area contributed by atoms with Crippen LogP contribution in [0.1, 0.15) is 42.6 Å². The molecular weight excluding hydrogens is 274 g/mol. The van der Waals surface area contributed by atoms with Crippen molar-refractivity contribution in [2.75, 3.05) is 0 Å². The van der Waals surface area contributed by atoms with E-state index in [4.69, 9.17) is 9.52 Å². The average Bonchev–Trinajstić information content (AvgIpc) is 2.99. The van der Waals surface area contributed by atoms with Crippen molar-refractivity contribution in [3.63, 3.8) is 0 Å². The number of hydrogen-bond acceptors (Lipinski definition) is 4. The smallest absolute Gasteiger partial charge is 0.371 e. The Bertz CT molecular complexity index is 774. The topological polar surface area (TPSA) is 87.8 Å². The lowest BCUT2D eigenvalue weighted by Crippen LogP contribution is -2.28. The van der Waals surface area contributed by atoms with E-state index in [0.29, 0.717) is 11.1 Å². The lowest BCUT2D eigenvalue weighted by molar-refractivity contribution is 0.0627. The molecule has 0 bridgehead atoms. The van der Waals surface area contributed by atoms with Gasteiger partial charge in [-0.15, -0.1) is 0 Å². The lowest BCUT2D eigenvalue weighted by Gasteiger charge is -2.11. The van der Waals surface area contributed by atoms with Gasteiger partial charge in [0, 0.05) is 0 Å². The van der Waals surface area contributed by atoms with Crippen molar-refractivity contribution in [3.8, 4) is 0 Å². The molecule has 0 spiro atoms. The van der Waals surface area contributed by atoms with Gasteiger partial charge in [-0.3, -0.25) is 14.5 Å². The second-order valence-corrected chi connectivity index (χ2v) is 4.82. The maximum atomic E-state index is 12.3. The number of furan rings is 1. The molecule has 0 atom stereocenters. The third-order valence-electron chi connectivity index (χ3n) is 3.31.